The number of halogens is 3. The van der Waals surface area contributed by atoms with Crippen LogP contribution in [0.2, 0.25) is 0 Å². The van der Waals surface area contributed by atoms with Gasteiger partial charge < -0.3 is 24.6 Å². The Bertz CT molecular complexity index is 1120. The Morgan fingerprint density at radius 2 is 2.03 bits per heavy atom. The standard InChI is InChI=1S/C23H27F3N6O3/c1-22(12-34-3)20(33)32-8-4-5-16-18(32)19(31(22)2)30-21(29-16)28-13-9-15(10-13)35-14-6-7-17(27-11-14)23(24,25)26/h6-7,11,13,15H,4-5,8-10,12H2,1-3H3,(H,28,29,30)/t13?,15?,22-/m0/s1. The first kappa shape index (κ1) is 23.6. The van der Waals surface area contributed by atoms with Gasteiger partial charge in [-0.25, -0.2) is 9.97 Å². The summed E-state index contributed by atoms with van der Waals surface area (Å²) >= 11 is 0. The van der Waals surface area contributed by atoms with E-state index in [2.05, 4.69) is 10.3 Å². The van der Waals surface area contributed by atoms with Gasteiger partial charge in [0.15, 0.2) is 5.82 Å². The van der Waals surface area contributed by atoms with Gasteiger partial charge in [-0.15, -0.1) is 0 Å². The van der Waals surface area contributed by atoms with Gasteiger partial charge in [-0.2, -0.15) is 18.2 Å². The summed E-state index contributed by atoms with van der Waals surface area (Å²) < 4.78 is 49.1. The molecule has 188 valence electrons. The molecule has 1 aliphatic carbocycles. The van der Waals surface area contributed by atoms with E-state index in [1.54, 1.807) is 12.0 Å². The highest BCUT2D eigenvalue weighted by Crippen LogP contribution is 2.43. The number of pyridine rings is 1. The largest absolute Gasteiger partial charge is 0.489 e. The number of amides is 1. The average molecular weight is 493 g/mol. The summed E-state index contributed by atoms with van der Waals surface area (Å²) in [5.74, 6) is 1.47. The zero-order valence-corrected chi connectivity index (χ0v) is 19.7. The SMILES string of the molecule is COC[C@@]1(C)C(=O)N2CCCc3nc(NC4CC(Oc5ccc(C(F)(F)F)nc5)C4)nc(c32)N1C. The van der Waals surface area contributed by atoms with E-state index in [1.807, 2.05) is 18.9 Å². The van der Waals surface area contributed by atoms with E-state index in [0.717, 1.165) is 36.5 Å². The molecule has 1 atom stereocenters. The van der Waals surface area contributed by atoms with Crippen LogP contribution in [0.25, 0.3) is 0 Å². The van der Waals surface area contributed by atoms with Gasteiger partial charge in [0.2, 0.25) is 5.95 Å². The fourth-order valence-electron chi connectivity index (χ4n) is 4.84. The second-order valence-electron chi connectivity index (χ2n) is 9.42. The van der Waals surface area contributed by atoms with Gasteiger partial charge in [-0.05, 0) is 31.9 Å². The molecule has 1 saturated carbocycles. The number of rotatable bonds is 6. The summed E-state index contributed by atoms with van der Waals surface area (Å²) in [7, 11) is 3.42. The Labute approximate surface area is 200 Å². The minimum atomic E-state index is -4.47. The minimum absolute atomic E-state index is 0.0173. The van der Waals surface area contributed by atoms with Crippen molar-refractivity contribution in [2.75, 3.05) is 42.4 Å². The maximum Gasteiger partial charge on any atom is 0.433 e. The molecule has 0 aromatic carbocycles. The number of aromatic nitrogens is 3. The van der Waals surface area contributed by atoms with E-state index in [9.17, 15) is 18.0 Å². The summed E-state index contributed by atoms with van der Waals surface area (Å²) in [6, 6.07) is 2.26. The monoisotopic (exact) mass is 492 g/mol. The van der Waals surface area contributed by atoms with Crippen LogP contribution in [0, 0.1) is 0 Å². The van der Waals surface area contributed by atoms with E-state index in [1.165, 1.54) is 6.07 Å². The van der Waals surface area contributed by atoms with Gasteiger partial charge >= 0.3 is 6.18 Å². The number of ether oxygens (including phenoxy) is 2. The molecule has 2 aliphatic heterocycles. The summed E-state index contributed by atoms with van der Waals surface area (Å²) in [5, 5.41) is 3.35. The predicted octanol–water partition coefficient (Wildman–Crippen LogP) is 3.05. The molecule has 0 spiro atoms. The minimum Gasteiger partial charge on any atom is -0.489 e. The summed E-state index contributed by atoms with van der Waals surface area (Å²) in [5.41, 5.74) is -0.204. The molecule has 0 bridgehead atoms. The van der Waals surface area contributed by atoms with Gasteiger partial charge in [0.1, 0.15) is 28.8 Å². The van der Waals surface area contributed by atoms with Crippen molar-refractivity contribution in [2.45, 2.75) is 56.5 Å². The molecule has 2 aromatic heterocycles. The van der Waals surface area contributed by atoms with Crippen molar-refractivity contribution in [3.63, 3.8) is 0 Å². The van der Waals surface area contributed by atoms with Crippen molar-refractivity contribution in [3.05, 3.63) is 29.7 Å². The number of carbonyl (C=O) groups is 1. The predicted molar refractivity (Wildman–Crippen MR) is 122 cm³/mol. The van der Waals surface area contributed by atoms with Crippen molar-refractivity contribution in [1.82, 2.24) is 15.0 Å². The molecule has 0 saturated heterocycles. The molecule has 0 unspecified atom stereocenters. The maximum absolute atomic E-state index is 13.3. The van der Waals surface area contributed by atoms with E-state index < -0.39 is 17.4 Å². The highest BCUT2D eigenvalue weighted by atomic mass is 19.4. The molecular weight excluding hydrogens is 465 g/mol. The number of hydrogen-bond acceptors (Lipinski definition) is 8. The van der Waals surface area contributed by atoms with Gasteiger partial charge in [-0.3, -0.25) is 4.79 Å². The highest BCUT2D eigenvalue weighted by molar-refractivity contribution is 6.08. The zero-order valence-electron chi connectivity index (χ0n) is 19.7. The second-order valence-corrected chi connectivity index (χ2v) is 9.42. The average Bonchev–Trinajstić information content (AvgIpc) is 2.79. The van der Waals surface area contributed by atoms with E-state index in [-0.39, 0.29) is 24.7 Å². The third-order valence-electron chi connectivity index (χ3n) is 6.95. The first-order valence-corrected chi connectivity index (χ1v) is 11.5. The van der Waals surface area contributed by atoms with Crippen LogP contribution < -0.4 is 19.9 Å². The fraction of sp³-hybridized carbons (Fsp3) is 0.565. The summed E-state index contributed by atoms with van der Waals surface area (Å²) in [6.07, 6.45) is -0.629. The van der Waals surface area contributed by atoms with Crippen molar-refractivity contribution in [2.24, 2.45) is 0 Å². The third-order valence-corrected chi connectivity index (χ3v) is 6.95. The normalized spacial score (nSPS) is 25.7. The third kappa shape index (κ3) is 4.13. The van der Waals surface area contributed by atoms with Crippen LogP contribution in [-0.4, -0.2) is 65.9 Å². The molecule has 1 fully saturated rings. The molecule has 2 aromatic rings. The Hall–Kier alpha value is -3.15. The number of carbonyl (C=O) groups excluding carboxylic acids is 1. The maximum atomic E-state index is 13.3. The van der Waals surface area contributed by atoms with Crippen LogP contribution >= 0.6 is 0 Å². The van der Waals surface area contributed by atoms with Gasteiger partial charge in [-0.1, -0.05) is 0 Å². The number of hydrogen-bond donors (Lipinski definition) is 1. The van der Waals surface area contributed by atoms with Gasteiger partial charge in [0.05, 0.1) is 18.5 Å². The summed E-state index contributed by atoms with van der Waals surface area (Å²) in [6.45, 7) is 2.72. The lowest BCUT2D eigenvalue weighted by atomic mass is 9.89. The molecule has 35 heavy (non-hydrogen) atoms. The molecule has 3 aliphatic rings. The van der Waals surface area contributed by atoms with Crippen molar-refractivity contribution in [1.29, 1.82) is 0 Å². The fourth-order valence-corrected chi connectivity index (χ4v) is 4.84. The van der Waals surface area contributed by atoms with Crippen LogP contribution in [0.3, 0.4) is 0 Å². The first-order chi connectivity index (χ1) is 16.6. The van der Waals surface area contributed by atoms with E-state index >= 15 is 0 Å². The number of methoxy groups -OCH3 is 1. The lowest BCUT2D eigenvalue weighted by Gasteiger charge is -2.48. The van der Waals surface area contributed by atoms with Gasteiger partial charge in [0.25, 0.3) is 5.91 Å². The second kappa shape index (κ2) is 8.51. The number of likely N-dealkylation sites (N-methyl/N-ethyl adjacent to an activating group) is 1. The number of nitrogens with one attached hydrogen (secondary N) is 1. The molecule has 1 amide bonds. The molecule has 9 nitrogen and oxygen atoms in total. The lowest BCUT2D eigenvalue weighted by molar-refractivity contribution is -0.141. The van der Waals surface area contributed by atoms with Gasteiger partial charge in [0, 0.05) is 39.6 Å². The first-order valence-electron chi connectivity index (χ1n) is 11.5. The highest BCUT2D eigenvalue weighted by Gasteiger charge is 2.49. The molecule has 0 radical (unpaired) electrons. The number of anilines is 3. The smallest absolute Gasteiger partial charge is 0.433 e. The number of nitrogens with zero attached hydrogens (tertiary/aromatic N) is 5. The number of aryl methyl sites for hydroxylation is 1. The van der Waals surface area contributed by atoms with Crippen LogP contribution in [0.1, 0.15) is 37.6 Å². The Kier molecular flexibility index (Phi) is 5.73. The molecule has 5 rings (SSSR count). The Morgan fingerprint density at radius 1 is 1.26 bits per heavy atom. The topological polar surface area (TPSA) is 92.7 Å². The van der Waals surface area contributed by atoms with Crippen LogP contribution in [0.15, 0.2) is 18.3 Å². The Balaban J connectivity index is 1.27. The van der Waals surface area contributed by atoms with Crippen LogP contribution in [0.4, 0.5) is 30.6 Å². The lowest BCUT2D eigenvalue weighted by Crippen LogP contribution is -2.64. The van der Waals surface area contributed by atoms with Crippen molar-refractivity contribution in [3.8, 4) is 5.75 Å². The molecule has 1 N–H and O–H groups in total. The van der Waals surface area contributed by atoms with E-state index in [0.29, 0.717) is 36.9 Å². The quantitative estimate of drug-likeness (QED) is 0.658. The Morgan fingerprint density at radius 3 is 2.69 bits per heavy atom. The number of alkyl halides is 3. The molecular formula is C23H27F3N6O3. The van der Waals surface area contributed by atoms with Crippen molar-refractivity contribution >= 4 is 23.4 Å². The zero-order chi connectivity index (χ0) is 25.0. The molecule has 4 heterocycles. The van der Waals surface area contributed by atoms with E-state index in [4.69, 9.17) is 19.4 Å². The van der Waals surface area contributed by atoms with Crippen LogP contribution in [0.5, 0.6) is 5.75 Å². The molecule has 12 heteroatoms. The summed E-state index contributed by atoms with van der Waals surface area (Å²) in [4.78, 5) is 29.8. The van der Waals surface area contributed by atoms with Crippen molar-refractivity contribution < 1.29 is 27.4 Å². The van der Waals surface area contributed by atoms with Crippen LogP contribution in [-0.2, 0) is 22.1 Å².